The lowest BCUT2D eigenvalue weighted by Gasteiger charge is -1.84. The molecule has 0 saturated carbocycles. The van der Waals surface area contributed by atoms with Gasteiger partial charge in [-0.25, -0.2) is 0 Å². The molecule has 0 rings (SSSR count). The number of allylic oxidation sites excluding steroid dienone is 4. The summed E-state index contributed by atoms with van der Waals surface area (Å²) < 4.78 is 0. The standard InChI is InChI=1S/C7H13N/c1-3-4-5-6-7(2)8/h3-4,6H,5,8H2,1-2H3/b4-3+,7-6-. The van der Waals surface area contributed by atoms with Gasteiger partial charge in [-0.1, -0.05) is 18.2 Å². The largest absolute Gasteiger partial charge is 0.403 e. The van der Waals surface area contributed by atoms with E-state index >= 15 is 0 Å². The van der Waals surface area contributed by atoms with Gasteiger partial charge in [0.05, 0.1) is 0 Å². The van der Waals surface area contributed by atoms with Crippen LogP contribution >= 0.6 is 0 Å². The summed E-state index contributed by atoms with van der Waals surface area (Å²) in [5.41, 5.74) is 6.25. The van der Waals surface area contributed by atoms with Crippen LogP contribution in [0.15, 0.2) is 23.9 Å². The molecule has 0 aromatic rings. The summed E-state index contributed by atoms with van der Waals surface area (Å²) in [6.07, 6.45) is 7.02. The van der Waals surface area contributed by atoms with Crippen molar-refractivity contribution in [3.8, 4) is 0 Å². The second kappa shape index (κ2) is 4.44. The van der Waals surface area contributed by atoms with Crippen molar-refractivity contribution in [2.45, 2.75) is 20.3 Å². The average Bonchev–Trinajstić information content (AvgIpc) is 1.66. The van der Waals surface area contributed by atoms with Gasteiger partial charge in [-0.3, -0.25) is 0 Å². The first-order chi connectivity index (χ1) is 3.77. The van der Waals surface area contributed by atoms with Crippen LogP contribution in [0.2, 0.25) is 0 Å². The Morgan fingerprint density at radius 1 is 1.62 bits per heavy atom. The van der Waals surface area contributed by atoms with Crippen molar-refractivity contribution in [1.82, 2.24) is 0 Å². The number of nitrogens with two attached hydrogens (primary N) is 1. The highest BCUT2D eigenvalue weighted by Crippen LogP contribution is 1.87. The molecule has 0 aliphatic rings. The van der Waals surface area contributed by atoms with E-state index in [-0.39, 0.29) is 0 Å². The third-order valence-corrected chi connectivity index (χ3v) is 0.812. The molecule has 0 aromatic heterocycles. The second-order valence-electron chi connectivity index (χ2n) is 1.75. The van der Waals surface area contributed by atoms with Crippen molar-refractivity contribution in [2.24, 2.45) is 5.73 Å². The molecule has 8 heavy (non-hydrogen) atoms. The Labute approximate surface area is 50.9 Å². The minimum Gasteiger partial charge on any atom is -0.403 e. The van der Waals surface area contributed by atoms with E-state index in [0.717, 1.165) is 12.1 Å². The lowest BCUT2D eigenvalue weighted by atomic mass is 10.3. The van der Waals surface area contributed by atoms with E-state index < -0.39 is 0 Å². The van der Waals surface area contributed by atoms with E-state index in [1.54, 1.807) is 0 Å². The van der Waals surface area contributed by atoms with E-state index in [4.69, 9.17) is 5.73 Å². The molecule has 0 aromatic carbocycles. The highest BCUT2D eigenvalue weighted by molar-refractivity contribution is 4.96. The molecule has 1 nitrogen and oxygen atoms in total. The van der Waals surface area contributed by atoms with Gasteiger partial charge in [0.15, 0.2) is 0 Å². The summed E-state index contributed by atoms with van der Waals surface area (Å²) in [4.78, 5) is 0. The highest BCUT2D eigenvalue weighted by Gasteiger charge is 1.71. The van der Waals surface area contributed by atoms with Crippen LogP contribution in [0.5, 0.6) is 0 Å². The van der Waals surface area contributed by atoms with Crippen LogP contribution in [-0.2, 0) is 0 Å². The molecule has 0 radical (unpaired) electrons. The third kappa shape index (κ3) is 5.28. The van der Waals surface area contributed by atoms with Crippen molar-refractivity contribution in [2.75, 3.05) is 0 Å². The predicted molar refractivity (Wildman–Crippen MR) is 37.4 cm³/mol. The summed E-state index contributed by atoms with van der Waals surface area (Å²) >= 11 is 0. The van der Waals surface area contributed by atoms with Gasteiger partial charge in [0.2, 0.25) is 0 Å². The molecule has 0 atom stereocenters. The van der Waals surface area contributed by atoms with Gasteiger partial charge in [-0.15, -0.1) is 0 Å². The minimum atomic E-state index is 0.892. The molecular formula is C7H13N. The van der Waals surface area contributed by atoms with E-state index in [0.29, 0.717) is 0 Å². The van der Waals surface area contributed by atoms with Crippen LogP contribution in [-0.4, -0.2) is 0 Å². The summed E-state index contributed by atoms with van der Waals surface area (Å²) in [6, 6.07) is 0. The molecule has 2 N–H and O–H groups in total. The number of hydrogen-bond acceptors (Lipinski definition) is 1. The number of rotatable bonds is 2. The maximum atomic E-state index is 5.36. The van der Waals surface area contributed by atoms with Gasteiger partial charge in [-0.2, -0.15) is 0 Å². The zero-order valence-electron chi connectivity index (χ0n) is 5.52. The van der Waals surface area contributed by atoms with Gasteiger partial charge in [-0.05, 0) is 20.3 Å². The maximum absolute atomic E-state index is 5.36. The summed E-state index contributed by atoms with van der Waals surface area (Å²) in [5, 5.41) is 0. The van der Waals surface area contributed by atoms with Gasteiger partial charge in [0, 0.05) is 5.70 Å². The molecule has 46 valence electrons. The Hall–Kier alpha value is -0.720. The first-order valence-corrected chi connectivity index (χ1v) is 2.80. The average molecular weight is 111 g/mol. The minimum absolute atomic E-state index is 0.892. The molecule has 0 aliphatic carbocycles. The highest BCUT2D eigenvalue weighted by atomic mass is 14.5. The first-order valence-electron chi connectivity index (χ1n) is 2.80. The fourth-order valence-electron chi connectivity index (χ4n) is 0.390. The topological polar surface area (TPSA) is 26.0 Å². The smallest absolute Gasteiger partial charge is 0.00115 e. The van der Waals surface area contributed by atoms with E-state index in [1.807, 2.05) is 26.0 Å². The fourth-order valence-corrected chi connectivity index (χ4v) is 0.390. The van der Waals surface area contributed by atoms with Crippen LogP contribution in [0.3, 0.4) is 0 Å². The summed E-state index contributed by atoms with van der Waals surface area (Å²) in [7, 11) is 0. The quantitative estimate of drug-likeness (QED) is 0.540. The van der Waals surface area contributed by atoms with Crippen molar-refractivity contribution < 1.29 is 0 Å². The van der Waals surface area contributed by atoms with Crippen LogP contribution in [0.4, 0.5) is 0 Å². The monoisotopic (exact) mass is 111 g/mol. The molecule has 0 aliphatic heterocycles. The van der Waals surface area contributed by atoms with Crippen LogP contribution in [0, 0.1) is 0 Å². The van der Waals surface area contributed by atoms with Crippen molar-refractivity contribution >= 4 is 0 Å². The molecule has 0 bridgehead atoms. The zero-order valence-corrected chi connectivity index (χ0v) is 5.52. The number of hydrogen-bond donors (Lipinski definition) is 1. The lowest BCUT2D eigenvalue weighted by molar-refractivity contribution is 1.23. The molecule has 0 fully saturated rings. The van der Waals surface area contributed by atoms with Gasteiger partial charge in [0.25, 0.3) is 0 Å². The van der Waals surface area contributed by atoms with Gasteiger partial charge < -0.3 is 5.73 Å². The van der Waals surface area contributed by atoms with Crippen molar-refractivity contribution in [3.05, 3.63) is 23.9 Å². The molecule has 0 amide bonds. The van der Waals surface area contributed by atoms with Crippen molar-refractivity contribution in [1.29, 1.82) is 0 Å². The fraction of sp³-hybridized carbons (Fsp3) is 0.429. The SMILES string of the molecule is C/C=C/C/C=C(/C)N. The summed E-state index contributed by atoms with van der Waals surface area (Å²) in [5.74, 6) is 0. The zero-order chi connectivity index (χ0) is 6.41. The Morgan fingerprint density at radius 2 is 2.25 bits per heavy atom. The van der Waals surface area contributed by atoms with Crippen LogP contribution in [0.1, 0.15) is 20.3 Å². The van der Waals surface area contributed by atoms with Gasteiger partial charge in [0.1, 0.15) is 0 Å². The summed E-state index contributed by atoms with van der Waals surface area (Å²) in [6.45, 7) is 3.89. The molecule has 1 heteroatoms. The molecular weight excluding hydrogens is 98.1 g/mol. The predicted octanol–water partition coefficient (Wildman–Crippen LogP) is 1.82. The molecule has 0 saturated heterocycles. The normalized spacial score (nSPS) is 13.0. The molecule has 0 unspecified atom stereocenters. The van der Waals surface area contributed by atoms with Crippen LogP contribution in [0.25, 0.3) is 0 Å². The Bertz CT molecular complexity index is 97.0. The molecule has 0 spiro atoms. The Morgan fingerprint density at radius 3 is 2.62 bits per heavy atom. The molecule has 0 heterocycles. The van der Waals surface area contributed by atoms with Gasteiger partial charge >= 0.3 is 0 Å². The van der Waals surface area contributed by atoms with E-state index in [1.165, 1.54) is 0 Å². The second-order valence-corrected chi connectivity index (χ2v) is 1.75. The Balaban J connectivity index is 3.30. The van der Waals surface area contributed by atoms with Crippen molar-refractivity contribution in [3.63, 3.8) is 0 Å². The maximum Gasteiger partial charge on any atom is 0.00115 e. The lowest BCUT2D eigenvalue weighted by Crippen LogP contribution is -1.88. The van der Waals surface area contributed by atoms with E-state index in [2.05, 4.69) is 6.08 Å². The van der Waals surface area contributed by atoms with Crippen LogP contribution < -0.4 is 5.73 Å². The van der Waals surface area contributed by atoms with E-state index in [9.17, 15) is 0 Å². The Kier molecular flexibility index (Phi) is 4.04. The first kappa shape index (κ1) is 7.28. The third-order valence-electron chi connectivity index (χ3n) is 0.812.